The minimum atomic E-state index is 0.321. The quantitative estimate of drug-likeness (QED) is 0.850. The van der Waals surface area contributed by atoms with Crippen LogP contribution in [0.4, 0.5) is 0 Å². The Labute approximate surface area is 124 Å². The molecule has 0 saturated heterocycles. The molecule has 0 aromatic carbocycles. The van der Waals surface area contributed by atoms with Crippen molar-refractivity contribution in [1.82, 2.24) is 15.3 Å². The van der Waals surface area contributed by atoms with Crippen molar-refractivity contribution in [2.45, 2.75) is 39.8 Å². The average Bonchev–Trinajstić information content (AvgIpc) is 2.96. The molecule has 0 spiro atoms. The van der Waals surface area contributed by atoms with Gasteiger partial charge < -0.3 is 10.1 Å². The van der Waals surface area contributed by atoms with Gasteiger partial charge in [-0.05, 0) is 18.0 Å². The van der Waals surface area contributed by atoms with Crippen LogP contribution < -0.4 is 10.1 Å². The van der Waals surface area contributed by atoms with Gasteiger partial charge in [0.25, 0.3) is 0 Å². The van der Waals surface area contributed by atoms with E-state index in [0.29, 0.717) is 19.1 Å². The second-order valence-corrected chi connectivity index (χ2v) is 5.87. The van der Waals surface area contributed by atoms with E-state index in [1.807, 2.05) is 6.07 Å². The molecule has 2 heterocycles. The van der Waals surface area contributed by atoms with E-state index >= 15 is 0 Å². The van der Waals surface area contributed by atoms with Crippen LogP contribution in [0.1, 0.15) is 43.1 Å². The van der Waals surface area contributed by atoms with Gasteiger partial charge in [-0.1, -0.05) is 26.8 Å². The van der Waals surface area contributed by atoms with Gasteiger partial charge in [-0.25, -0.2) is 9.97 Å². The Bertz CT molecular complexity index is 526. The lowest BCUT2D eigenvalue weighted by Crippen LogP contribution is -2.15. The topological polar surface area (TPSA) is 47.0 Å². The number of rotatable bonds is 7. The Morgan fingerprint density at radius 2 is 2.25 bits per heavy atom. The van der Waals surface area contributed by atoms with Crippen LogP contribution in [0.2, 0.25) is 0 Å². The number of thiophene rings is 1. The molecule has 1 N–H and O–H groups in total. The third kappa shape index (κ3) is 4.02. The maximum Gasteiger partial charge on any atom is 0.160 e. The van der Waals surface area contributed by atoms with Crippen LogP contribution in [0.3, 0.4) is 0 Å². The Balaban J connectivity index is 2.12. The number of nitrogens with zero attached hydrogens (tertiary/aromatic N) is 2. The zero-order valence-electron chi connectivity index (χ0n) is 12.2. The second kappa shape index (κ2) is 7.36. The summed E-state index contributed by atoms with van der Waals surface area (Å²) >= 11 is 1.69. The van der Waals surface area contributed by atoms with E-state index in [-0.39, 0.29) is 0 Å². The first kappa shape index (κ1) is 14.9. The Morgan fingerprint density at radius 3 is 2.90 bits per heavy atom. The summed E-state index contributed by atoms with van der Waals surface area (Å²) in [7, 11) is 0. The number of aromatic nitrogens is 2. The first-order valence-electron chi connectivity index (χ1n) is 6.92. The molecule has 2 rings (SSSR count). The Hall–Kier alpha value is -1.46. The van der Waals surface area contributed by atoms with Crippen molar-refractivity contribution in [2.75, 3.05) is 6.54 Å². The highest BCUT2D eigenvalue weighted by Gasteiger charge is 2.11. The van der Waals surface area contributed by atoms with Gasteiger partial charge in [-0.2, -0.15) is 0 Å². The molecule has 0 fully saturated rings. The number of nitrogens with one attached hydrogen (secondary N) is 1. The minimum absolute atomic E-state index is 0.321. The van der Waals surface area contributed by atoms with Crippen molar-refractivity contribution in [3.63, 3.8) is 0 Å². The van der Waals surface area contributed by atoms with Crippen molar-refractivity contribution in [2.24, 2.45) is 0 Å². The van der Waals surface area contributed by atoms with E-state index in [4.69, 9.17) is 4.74 Å². The van der Waals surface area contributed by atoms with E-state index in [9.17, 15) is 0 Å². The first-order chi connectivity index (χ1) is 9.70. The average molecular weight is 291 g/mol. The molecule has 0 radical (unpaired) electrons. The highest BCUT2D eigenvalue weighted by atomic mass is 32.1. The van der Waals surface area contributed by atoms with Crippen LogP contribution in [0.25, 0.3) is 0 Å². The molecule has 2 aromatic rings. The summed E-state index contributed by atoms with van der Waals surface area (Å²) in [5.41, 5.74) is 0.933. The Morgan fingerprint density at radius 1 is 1.40 bits per heavy atom. The molecule has 2 aromatic heterocycles. The summed E-state index contributed by atoms with van der Waals surface area (Å²) in [4.78, 5) is 10.2. The van der Waals surface area contributed by atoms with Crippen LogP contribution in [-0.2, 0) is 13.2 Å². The van der Waals surface area contributed by atoms with E-state index in [2.05, 4.69) is 47.5 Å². The summed E-state index contributed by atoms with van der Waals surface area (Å²) in [5.74, 6) is 1.95. The molecule has 0 amide bonds. The van der Waals surface area contributed by atoms with Crippen LogP contribution in [0.15, 0.2) is 23.7 Å². The van der Waals surface area contributed by atoms with E-state index in [1.165, 1.54) is 4.88 Å². The second-order valence-electron chi connectivity index (χ2n) is 4.84. The first-order valence-corrected chi connectivity index (χ1v) is 7.80. The van der Waals surface area contributed by atoms with Gasteiger partial charge in [-0.3, -0.25) is 0 Å². The predicted molar refractivity (Wildman–Crippen MR) is 82.2 cm³/mol. The molecule has 0 aliphatic heterocycles. The standard InChI is InChI=1S/C15H21N3OS/c1-4-16-8-13-14(9-17-15(18-13)11(2)3)19-10-12-6-5-7-20-12/h5-7,9,11,16H,4,8,10H2,1-3H3. The number of hydrogen-bond donors (Lipinski definition) is 1. The third-order valence-electron chi connectivity index (χ3n) is 2.86. The van der Waals surface area contributed by atoms with E-state index < -0.39 is 0 Å². The van der Waals surface area contributed by atoms with Gasteiger partial charge in [0.05, 0.1) is 11.9 Å². The van der Waals surface area contributed by atoms with Crippen molar-refractivity contribution >= 4 is 11.3 Å². The molecular weight excluding hydrogens is 270 g/mol. The molecule has 0 unspecified atom stereocenters. The van der Waals surface area contributed by atoms with Crippen LogP contribution in [-0.4, -0.2) is 16.5 Å². The van der Waals surface area contributed by atoms with E-state index in [1.54, 1.807) is 17.5 Å². The molecule has 20 heavy (non-hydrogen) atoms. The monoisotopic (exact) mass is 291 g/mol. The number of hydrogen-bond acceptors (Lipinski definition) is 5. The molecule has 4 nitrogen and oxygen atoms in total. The van der Waals surface area contributed by atoms with Gasteiger partial charge in [0.2, 0.25) is 0 Å². The zero-order chi connectivity index (χ0) is 14.4. The van der Waals surface area contributed by atoms with Crippen molar-refractivity contribution < 1.29 is 4.74 Å². The predicted octanol–water partition coefficient (Wildman–Crippen LogP) is 3.35. The molecule has 5 heteroatoms. The fourth-order valence-electron chi connectivity index (χ4n) is 1.73. The summed E-state index contributed by atoms with van der Waals surface area (Å²) < 4.78 is 5.86. The minimum Gasteiger partial charge on any atom is -0.484 e. The molecule has 0 aliphatic rings. The van der Waals surface area contributed by atoms with Gasteiger partial charge in [0.1, 0.15) is 12.4 Å². The van der Waals surface area contributed by atoms with Gasteiger partial charge in [-0.15, -0.1) is 11.3 Å². The summed E-state index contributed by atoms with van der Waals surface area (Å²) in [6.45, 7) is 8.46. The van der Waals surface area contributed by atoms with Crippen molar-refractivity contribution in [1.29, 1.82) is 0 Å². The molecule has 0 saturated carbocycles. The zero-order valence-corrected chi connectivity index (χ0v) is 13.0. The molecular formula is C15H21N3OS. The normalized spacial score (nSPS) is 11.0. The van der Waals surface area contributed by atoms with Crippen LogP contribution >= 0.6 is 11.3 Å². The largest absolute Gasteiger partial charge is 0.484 e. The van der Waals surface area contributed by atoms with Crippen LogP contribution in [0, 0.1) is 0 Å². The highest BCUT2D eigenvalue weighted by Crippen LogP contribution is 2.20. The highest BCUT2D eigenvalue weighted by molar-refractivity contribution is 7.09. The lowest BCUT2D eigenvalue weighted by molar-refractivity contribution is 0.301. The fraction of sp³-hybridized carbons (Fsp3) is 0.467. The fourth-order valence-corrected chi connectivity index (χ4v) is 2.35. The molecule has 0 bridgehead atoms. The van der Waals surface area contributed by atoms with Gasteiger partial charge in [0.15, 0.2) is 5.75 Å². The summed E-state index contributed by atoms with van der Waals surface area (Å²) in [5, 5.41) is 5.35. The maximum atomic E-state index is 5.86. The molecule has 0 aliphatic carbocycles. The van der Waals surface area contributed by atoms with Crippen LogP contribution in [0.5, 0.6) is 5.75 Å². The third-order valence-corrected chi connectivity index (χ3v) is 3.71. The lowest BCUT2D eigenvalue weighted by Gasteiger charge is -2.12. The molecule has 0 atom stereocenters. The molecule has 108 valence electrons. The van der Waals surface area contributed by atoms with Crippen molar-refractivity contribution in [3.8, 4) is 5.75 Å². The van der Waals surface area contributed by atoms with Gasteiger partial charge in [0, 0.05) is 17.3 Å². The summed E-state index contributed by atoms with van der Waals surface area (Å²) in [6.07, 6.45) is 1.79. The van der Waals surface area contributed by atoms with Gasteiger partial charge >= 0.3 is 0 Å². The van der Waals surface area contributed by atoms with E-state index in [0.717, 1.165) is 23.8 Å². The summed E-state index contributed by atoms with van der Waals surface area (Å²) in [6, 6.07) is 4.10. The maximum absolute atomic E-state index is 5.86. The smallest absolute Gasteiger partial charge is 0.160 e. The number of ether oxygens (including phenoxy) is 1. The lowest BCUT2D eigenvalue weighted by atomic mass is 10.2. The van der Waals surface area contributed by atoms with Crippen molar-refractivity contribution in [3.05, 3.63) is 40.1 Å². The SMILES string of the molecule is CCNCc1nc(C(C)C)ncc1OCc1cccs1. The Kier molecular flexibility index (Phi) is 5.49.